The minimum Gasteiger partial charge on any atom is -0.351 e. The van der Waals surface area contributed by atoms with Gasteiger partial charge in [-0.25, -0.2) is 8.42 Å². The van der Waals surface area contributed by atoms with Gasteiger partial charge in [-0.2, -0.15) is 0 Å². The van der Waals surface area contributed by atoms with Crippen LogP contribution in [0.15, 0.2) is 17.0 Å². The zero-order valence-electron chi connectivity index (χ0n) is 11.4. The molecule has 112 valence electrons. The standard InChI is InChI=1S/C12H16ClNO4S2/c1-8-6-10(20(13,17)18)7-11(9(8)2)12(15)14-4-5-19(3)16/h6-7H,4-5H2,1-3H3,(H,14,15). The first kappa shape index (κ1) is 17.1. The van der Waals surface area contributed by atoms with E-state index >= 15 is 0 Å². The van der Waals surface area contributed by atoms with Gasteiger partial charge in [-0.05, 0) is 37.1 Å². The van der Waals surface area contributed by atoms with Crippen molar-refractivity contribution in [3.8, 4) is 0 Å². The fourth-order valence-electron chi connectivity index (χ4n) is 1.61. The van der Waals surface area contributed by atoms with Crippen LogP contribution in [0.3, 0.4) is 0 Å². The molecular formula is C12H16ClNO4S2. The number of hydrogen-bond acceptors (Lipinski definition) is 4. The van der Waals surface area contributed by atoms with Crippen LogP contribution in [0.2, 0.25) is 0 Å². The van der Waals surface area contributed by atoms with E-state index in [4.69, 9.17) is 10.7 Å². The summed E-state index contributed by atoms with van der Waals surface area (Å²) < 4.78 is 33.7. The largest absolute Gasteiger partial charge is 0.351 e. The smallest absolute Gasteiger partial charge is 0.261 e. The lowest BCUT2D eigenvalue weighted by molar-refractivity contribution is 0.0955. The van der Waals surface area contributed by atoms with Crippen LogP contribution in [-0.4, -0.2) is 37.1 Å². The molecule has 1 aromatic carbocycles. The SMILES string of the molecule is Cc1cc(S(=O)(=O)Cl)cc(C(=O)NCCS(C)=O)c1C. The number of carbonyl (C=O) groups excluding carboxylic acids is 1. The summed E-state index contributed by atoms with van der Waals surface area (Å²) >= 11 is 0. The quantitative estimate of drug-likeness (QED) is 0.822. The first-order chi connectivity index (χ1) is 9.12. The second kappa shape index (κ2) is 6.69. The predicted molar refractivity (Wildman–Crippen MR) is 80.2 cm³/mol. The molecule has 5 nitrogen and oxygen atoms in total. The van der Waals surface area contributed by atoms with E-state index in [1.165, 1.54) is 12.1 Å². The second-order valence-electron chi connectivity index (χ2n) is 4.38. The molecule has 0 spiro atoms. The molecule has 1 rings (SSSR count). The molecule has 0 radical (unpaired) electrons. The Balaban J connectivity index is 3.08. The van der Waals surface area contributed by atoms with Crippen LogP contribution in [0.1, 0.15) is 21.5 Å². The highest BCUT2D eigenvalue weighted by Gasteiger charge is 2.17. The molecule has 0 aliphatic heterocycles. The van der Waals surface area contributed by atoms with Gasteiger partial charge >= 0.3 is 0 Å². The first-order valence-corrected chi connectivity index (χ1v) is 9.80. The van der Waals surface area contributed by atoms with Gasteiger partial charge in [0.25, 0.3) is 15.0 Å². The molecule has 0 aliphatic carbocycles. The molecular weight excluding hydrogens is 322 g/mol. The zero-order valence-corrected chi connectivity index (χ0v) is 13.8. The highest BCUT2D eigenvalue weighted by Crippen LogP contribution is 2.22. The maximum atomic E-state index is 12.0. The maximum absolute atomic E-state index is 12.0. The fraction of sp³-hybridized carbons (Fsp3) is 0.417. The van der Waals surface area contributed by atoms with E-state index < -0.39 is 25.8 Å². The number of benzene rings is 1. The normalized spacial score (nSPS) is 13.0. The van der Waals surface area contributed by atoms with Crippen LogP contribution in [0, 0.1) is 13.8 Å². The Kier molecular flexibility index (Phi) is 5.73. The van der Waals surface area contributed by atoms with Crippen molar-refractivity contribution in [1.29, 1.82) is 0 Å². The molecule has 1 amide bonds. The third-order valence-electron chi connectivity index (χ3n) is 2.84. The van der Waals surface area contributed by atoms with Gasteiger partial charge in [0.1, 0.15) is 0 Å². The summed E-state index contributed by atoms with van der Waals surface area (Å²) in [5.41, 5.74) is 1.60. The average Bonchev–Trinajstić information content (AvgIpc) is 2.30. The Morgan fingerprint density at radius 2 is 1.95 bits per heavy atom. The minimum atomic E-state index is -3.89. The maximum Gasteiger partial charge on any atom is 0.261 e. The third kappa shape index (κ3) is 4.57. The van der Waals surface area contributed by atoms with Crippen molar-refractivity contribution in [3.63, 3.8) is 0 Å². The molecule has 0 heterocycles. The molecule has 1 aromatic rings. The number of amides is 1. The van der Waals surface area contributed by atoms with E-state index in [1.54, 1.807) is 20.1 Å². The monoisotopic (exact) mass is 337 g/mol. The third-order valence-corrected chi connectivity index (χ3v) is 4.95. The van der Waals surface area contributed by atoms with E-state index in [-0.39, 0.29) is 17.0 Å². The Bertz CT molecular complexity index is 656. The molecule has 0 aromatic heterocycles. The summed E-state index contributed by atoms with van der Waals surface area (Å²) in [5.74, 6) is -0.0599. The van der Waals surface area contributed by atoms with Gasteiger partial charge in [0.2, 0.25) is 0 Å². The van der Waals surface area contributed by atoms with Crippen molar-refractivity contribution < 1.29 is 17.4 Å². The number of hydrogen-bond donors (Lipinski definition) is 1. The Morgan fingerprint density at radius 3 is 2.45 bits per heavy atom. The molecule has 1 atom stereocenters. The average molecular weight is 338 g/mol. The molecule has 0 aliphatic rings. The molecule has 0 bridgehead atoms. The van der Waals surface area contributed by atoms with Crippen LogP contribution in [-0.2, 0) is 19.9 Å². The van der Waals surface area contributed by atoms with E-state index in [9.17, 15) is 17.4 Å². The Hall–Kier alpha value is -0.920. The molecule has 1 N–H and O–H groups in total. The first-order valence-electron chi connectivity index (χ1n) is 5.77. The van der Waals surface area contributed by atoms with Gasteiger partial charge in [0.15, 0.2) is 0 Å². The number of rotatable bonds is 5. The Labute approximate surface area is 125 Å². The summed E-state index contributed by atoms with van der Waals surface area (Å²) in [5, 5.41) is 2.61. The summed E-state index contributed by atoms with van der Waals surface area (Å²) in [7, 11) is 0.419. The van der Waals surface area contributed by atoms with Crippen molar-refractivity contribution >= 4 is 36.4 Å². The van der Waals surface area contributed by atoms with Crippen LogP contribution < -0.4 is 5.32 Å². The van der Waals surface area contributed by atoms with Gasteiger partial charge in [-0.15, -0.1) is 0 Å². The van der Waals surface area contributed by atoms with Crippen LogP contribution >= 0.6 is 10.7 Å². The van der Waals surface area contributed by atoms with Crippen LogP contribution in [0.25, 0.3) is 0 Å². The number of aryl methyl sites for hydroxylation is 1. The fourth-order valence-corrected chi connectivity index (χ4v) is 2.84. The van der Waals surface area contributed by atoms with Crippen LogP contribution in [0.5, 0.6) is 0 Å². The van der Waals surface area contributed by atoms with Crippen molar-refractivity contribution in [2.24, 2.45) is 0 Å². The molecule has 8 heteroatoms. The second-order valence-corrected chi connectivity index (χ2v) is 8.50. The van der Waals surface area contributed by atoms with Crippen molar-refractivity contribution in [3.05, 3.63) is 28.8 Å². The Morgan fingerprint density at radius 1 is 1.35 bits per heavy atom. The van der Waals surface area contributed by atoms with Gasteiger partial charge in [-0.3, -0.25) is 9.00 Å². The van der Waals surface area contributed by atoms with E-state index in [0.717, 1.165) is 0 Å². The molecule has 0 fully saturated rings. The summed E-state index contributed by atoms with van der Waals surface area (Å²) in [4.78, 5) is 11.9. The van der Waals surface area contributed by atoms with Crippen molar-refractivity contribution in [2.75, 3.05) is 18.6 Å². The lowest BCUT2D eigenvalue weighted by Crippen LogP contribution is -2.28. The van der Waals surface area contributed by atoms with Crippen molar-refractivity contribution in [2.45, 2.75) is 18.7 Å². The van der Waals surface area contributed by atoms with E-state index in [0.29, 0.717) is 16.9 Å². The number of halogens is 1. The molecule has 0 saturated heterocycles. The molecule has 0 saturated carbocycles. The van der Waals surface area contributed by atoms with Gasteiger partial charge in [-0.1, -0.05) is 0 Å². The van der Waals surface area contributed by atoms with Gasteiger partial charge in [0.05, 0.1) is 4.90 Å². The molecule has 1 unspecified atom stereocenters. The minimum absolute atomic E-state index is 0.105. The van der Waals surface area contributed by atoms with Crippen LogP contribution in [0.4, 0.5) is 0 Å². The predicted octanol–water partition coefficient (Wildman–Crippen LogP) is 1.34. The zero-order chi connectivity index (χ0) is 15.5. The highest BCUT2D eigenvalue weighted by atomic mass is 35.7. The van der Waals surface area contributed by atoms with Crippen molar-refractivity contribution in [1.82, 2.24) is 5.32 Å². The highest BCUT2D eigenvalue weighted by molar-refractivity contribution is 8.13. The van der Waals surface area contributed by atoms with Gasteiger partial charge < -0.3 is 5.32 Å². The number of carbonyl (C=O) groups is 1. The number of nitrogens with one attached hydrogen (secondary N) is 1. The lowest BCUT2D eigenvalue weighted by atomic mass is 10.0. The lowest BCUT2D eigenvalue weighted by Gasteiger charge is -2.11. The topological polar surface area (TPSA) is 80.3 Å². The van der Waals surface area contributed by atoms with E-state index in [1.807, 2.05) is 0 Å². The van der Waals surface area contributed by atoms with E-state index in [2.05, 4.69) is 5.32 Å². The van der Waals surface area contributed by atoms with Gasteiger partial charge in [0, 0.05) is 45.6 Å². The summed E-state index contributed by atoms with van der Waals surface area (Å²) in [6.45, 7) is 3.70. The summed E-state index contributed by atoms with van der Waals surface area (Å²) in [6, 6.07) is 2.68. The molecule has 20 heavy (non-hydrogen) atoms. The summed E-state index contributed by atoms with van der Waals surface area (Å²) in [6.07, 6.45) is 1.54.